The third-order valence-electron chi connectivity index (χ3n) is 3.25. The maximum atomic E-state index is 11.8. The number of sulfone groups is 1. The molecular formula is C14H18N4O3S. The molecule has 0 saturated heterocycles. The SMILES string of the molecule is Cc1cc(C)n(-c2ccc(NC(=O)[C@@H](C)S(C)(=O)=O)cn2)n1. The molecule has 22 heavy (non-hydrogen) atoms. The number of pyridine rings is 1. The number of aryl methyl sites for hydroxylation is 2. The van der Waals surface area contributed by atoms with Gasteiger partial charge in [-0.2, -0.15) is 5.10 Å². The molecule has 1 atom stereocenters. The summed E-state index contributed by atoms with van der Waals surface area (Å²) in [6, 6.07) is 5.30. The number of nitrogens with one attached hydrogen (secondary N) is 1. The molecule has 2 aromatic rings. The summed E-state index contributed by atoms with van der Waals surface area (Å²) in [7, 11) is -3.42. The summed E-state index contributed by atoms with van der Waals surface area (Å²) in [4.78, 5) is 16.1. The minimum Gasteiger partial charge on any atom is -0.324 e. The fraction of sp³-hybridized carbons (Fsp3) is 0.357. The highest BCUT2D eigenvalue weighted by atomic mass is 32.2. The predicted molar refractivity (Wildman–Crippen MR) is 83.8 cm³/mol. The van der Waals surface area contributed by atoms with Crippen molar-refractivity contribution >= 4 is 21.4 Å². The molecule has 2 heterocycles. The van der Waals surface area contributed by atoms with Crippen molar-refractivity contribution in [3.8, 4) is 5.82 Å². The Morgan fingerprint density at radius 3 is 2.45 bits per heavy atom. The molecule has 2 rings (SSSR count). The van der Waals surface area contributed by atoms with Crippen LogP contribution >= 0.6 is 0 Å². The van der Waals surface area contributed by atoms with Gasteiger partial charge in [-0.25, -0.2) is 18.1 Å². The molecule has 7 nitrogen and oxygen atoms in total. The molecule has 0 aliphatic carbocycles. The lowest BCUT2D eigenvalue weighted by atomic mass is 10.3. The largest absolute Gasteiger partial charge is 0.324 e. The minimum absolute atomic E-state index is 0.436. The Bertz CT molecular complexity index is 794. The zero-order valence-corrected chi connectivity index (χ0v) is 13.7. The summed E-state index contributed by atoms with van der Waals surface area (Å²) >= 11 is 0. The van der Waals surface area contributed by atoms with E-state index in [2.05, 4.69) is 15.4 Å². The van der Waals surface area contributed by atoms with E-state index in [4.69, 9.17) is 0 Å². The number of aromatic nitrogens is 3. The van der Waals surface area contributed by atoms with Crippen molar-refractivity contribution < 1.29 is 13.2 Å². The second-order valence-corrected chi connectivity index (χ2v) is 7.57. The van der Waals surface area contributed by atoms with Crippen LogP contribution in [0.1, 0.15) is 18.3 Å². The van der Waals surface area contributed by atoms with E-state index in [0.717, 1.165) is 17.6 Å². The standard InChI is InChI=1S/C14H18N4O3S/c1-9-7-10(2)18(17-9)13-6-5-12(8-15-13)16-14(19)11(3)22(4,20)21/h5-8,11H,1-4H3,(H,16,19)/t11-/m1/s1. The molecular weight excluding hydrogens is 304 g/mol. The van der Waals surface area contributed by atoms with Gasteiger partial charge in [-0.1, -0.05) is 0 Å². The van der Waals surface area contributed by atoms with Gasteiger partial charge in [-0.3, -0.25) is 4.79 Å². The van der Waals surface area contributed by atoms with E-state index in [-0.39, 0.29) is 0 Å². The van der Waals surface area contributed by atoms with Crippen LogP contribution in [0, 0.1) is 13.8 Å². The number of hydrogen-bond acceptors (Lipinski definition) is 5. The first-order valence-corrected chi connectivity index (χ1v) is 8.63. The Morgan fingerprint density at radius 2 is 2.00 bits per heavy atom. The second kappa shape index (κ2) is 5.88. The zero-order chi connectivity index (χ0) is 16.5. The summed E-state index contributed by atoms with van der Waals surface area (Å²) in [6.45, 7) is 5.16. The Kier molecular flexibility index (Phi) is 4.32. The lowest BCUT2D eigenvalue weighted by Gasteiger charge is -2.10. The Labute approximate surface area is 129 Å². The van der Waals surface area contributed by atoms with E-state index in [1.165, 1.54) is 13.1 Å². The van der Waals surface area contributed by atoms with Gasteiger partial charge in [0.25, 0.3) is 0 Å². The number of carbonyl (C=O) groups is 1. The van der Waals surface area contributed by atoms with Crippen LogP contribution < -0.4 is 5.32 Å². The number of carbonyl (C=O) groups excluding carboxylic acids is 1. The predicted octanol–water partition coefficient (Wildman–Crippen LogP) is 1.26. The van der Waals surface area contributed by atoms with Crippen molar-refractivity contribution in [1.82, 2.24) is 14.8 Å². The average molecular weight is 322 g/mol. The first-order chi connectivity index (χ1) is 10.2. The summed E-state index contributed by atoms with van der Waals surface area (Å²) < 4.78 is 24.4. The maximum absolute atomic E-state index is 11.8. The summed E-state index contributed by atoms with van der Waals surface area (Å²) in [5.41, 5.74) is 2.27. The highest BCUT2D eigenvalue weighted by molar-refractivity contribution is 7.92. The van der Waals surface area contributed by atoms with Crippen molar-refractivity contribution in [3.63, 3.8) is 0 Å². The van der Waals surface area contributed by atoms with Gasteiger partial charge in [0, 0.05) is 11.9 Å². The van der Waals surface area contributed by atoms with Gasteiger partial charge in [-0.05, 0) is 39.0 Å². The molecule has 0 aromatic carbocycles. The van der Waals surface area contributed by atoms with Gasteiger partial charge in [0.2, 0.25) is 5.91 Å². The molecule has 0 spiro atoms. The van der Waals surface area contributed by atoms with E-state index < -0.39 is 21.0 Å². The first-order valence-electron chi connectivity index (χ1n) is 6.68. The highest BCUT2D eigenvalue weighted by Gasteiger charge is 2.23. The summed E-state index contributed by atoms with van der Waals surface area (Å²) in [5, 5.41) is 5.75. The van der Waals surface area contributed by atoms with Crippen molar-refractivity contribution in [3.05, 3.63) is 35.8 Å². The van der Waals surface area contributed by atoms with Crippen LogP contribution in [-0.2, 0) is 14.6 Å². The second-order valence-electron chi connectivity index (χ2n) is 5.20. The van der Waals surface area contributed by atoms with E-state index in [1.807, 2.05) is 19.9 Å². The topological polar surface area (TPSA) is 94.0 Å². The van der Waals surface area contributed by atoms with Crippen LogP contribution in [-0.4, -0.2) is 40.6 Å². The third kappa shape index (κ3) is 3.51. The lowest BCUT2D eigenvalue weighted by Crippen LogP contribution is -2.31. The van der Waals surface area contributed by atoms with Crippen LogP contribution in [0.4, 0.5) is 5.69 Å². The number of anilines is 1. The minimum atomic E-state index is -3.42. The van der Waals surface area contributed by atoms with Crippen molar-refractivity contribution in [2.24, 2.45) is 0 Å². The van der Waals surface area contributed by atoms with Gasteiger partial charge in [0.15, 0.2) is 15.7 Å². The van der Waals surface area contributed by atoms with Crippen LogP contribution in [0.5, 0.6) is 0 Å². The van der Waals surface area contributed by atoms with Crippen molar-refractivity contribution in [1.29, 1.82) is 0 Å². The molecule has 1 amide bonds. The van der Waals surface area contributed by atoms with E-state index >= 15 is 0 Å². The molecule has 0 unspecified atom stereocenters. The number of hydrogen-bond donors (Lipinski definition) is 1. The monoisotopic (exact) mass is 322 g/mol. The number of amides is 1. The smallest absolute Gasteiger partial charge is 0.242 e. The number of nitrogens with zero attached hydrogens (tertiary/aromatic N) is 3. The normalized spacial score (nSPS) is 12.9. The summed E-state index contributed by atoms with van der Waals surface area (Å²) in [6.07, 6.45) is 2.50. The molecule has 1 N–H and O–H groups in total. The van der Waals surface area contributed by atoms with E-state index in [9.17, 15) is 13.2 Å². The van der Waals surface area contributed by atoms with Gasteiger partial charge < -0.3 is 5.32 Å². The van der Waals surface area contributed by atoms with E-state index in [1.54, 1.807) is 16.8 Å². The van der Waals surface area contributed by atoms with Crippen LogP contribution in [0.25, 0.3) is 5.82 Å². The summed E-state index contributed by atoms with van der Waals surface area (Å²) in [5.74, 6) is 0.0444. The van der Waals surface area contributed by atoms with Crippen LogP contribution in [0.3, 0.4) is 0 Å². The van der Waals surface area contributed by atoms with Crippen LogP contribution in [0.2, 0.25) is 0 Å². The highest BCUT2D eigenvalue weighted by Crippen LogP contribution is 2.13. The third-order valence-corrected chi connectivity index (χ3v) is 4.75. The molecule has 0 bridgehead atoms. The average Bonchev–Trinajstić information content (AvgIpc) is 2.76. The van der Waals surface area contributed by atoms with E-state index in [0.29, 0.717) is 11.5 Å². The molecule has 0 radical (unpaired) electrons. The van der Waals surface area contributed by atoms with Gasteiger partial charge in [0.05, 0.1) is 17.6 Å². The first kappa shape index (κ1) is 16.2. The van der Waals surface area contributed by atoms with Crippen molar-refractivity contribution in [2.45, 2.75) is 26.0 Å². The quantitative estimate of drug-likeness (QED) is 0.914. The Balaban J connectivity index is 2.16. The fourth-order valence-corrected chi connectivity index (χ4v) is 2.33. The molecule has 118 valence electrons. The van der Waals surface area contributed by atoms with Gasteiger partial charge >= 0.3 is 0 Å². The zero-order valence-electron chi connectivity index (χ0n) is 12.9. The lowest BCUT2D eigenvalue weighted by molar-refractivity contribution is -0.115. The van der Waals surface area contributed by atoms with Gasteiger partial charge in [0.1, 0.15) is 5.25 Å². The molecule has 0 aliphatic rings. The van der Waals surface area contributed by atoms with Gasteiger partial charge in [-0.15, -0.1) is 0 Å². The fourth-order valence-electron chi connectivity index (χ4n) is 1.88. The molecule has 0 aliphatic heterocycles. The Hall–Kier alpha value is -2.22. The molecule has 0 saturated carbocycles. The van der Waals surface area contributed by atoms with Crippen molar-refractivity contribution in [2.75, 3.05) is 11.6 Å². The molecule has 0 fully saturated rings. The maximum Gasteiger partial charge on any atom is 0.242 e. The molecule has 2 aromatic heterocycles. The Morgan fingerprint density at radius 1 is 1.32 bits per heavy atom. The molecule has 8 heteroatoms. The number of rotatable bonds is 4. The van der Waals surface area contributed by atoms with Crippen LogP contribution in [0.15, 0.2) is 24.4 Å².